The van der Waals surface area contributed by atoms with Crippen LogP contribution < -0.4 is 5.32 Å². The fourth-order valence-electron chi connectivity index (χ4n) is 3.68. The molecule has 0 spiro atoms. The summed E-state index contributed by atoms with van der Waals surface area (Å²) in [6, 6.07) is 14.7. The smallest absolute Gasteiger partial charge is 0.0911 e. The molecule has 3 atom stereocenters. The zero-order valence-electron chi connectivity index (χ0n) is 12.1. The number of anilines is 1. The van der Waals surface area contributed by atoms with Gasteiger partial charge in [-0.3, -0.25) is 0 Å². The van der Waals surface area contributed by atoms with E-state index in [1.165, 1.54) is 5.56 Å². The van der Waals surface area contributed by atoms with Crippen molar-refractivity contribution in [1.29, 1.82) is 0 Å². The molecule has 0 radical (unpaired) electrons. The average molecular weight is 334 g/mol. The molecule has 2 nitrogen and oxygen atoms in total. The molecule has 0 aliphatic carbocycles. The number of ether oxygens (including phenoxy) is 1. The molecule has 0 amide bonds. The summed E-state index contributed by atoms with van der Waals surface area (Å²) >= 11 is 12.7. The highest BCUT2D eigenvalue weighted by Gasteiger charge is 2.41. The quantitative estimate of drug-likeness (QED) is 0.730. The number of hydrogen-bond acceptors (Lipinski definition) is 2. The van der Waals surface area contributed by atoms with Gasteiger partial charge in [0.15, 0.2) is 0 Å². The Kier molecular flexibility index (Phi) is 3.77. The van der Waals surface area contributed by atoms with Gasteiger partial charge in [0.2, 0.25) is 0 Å². The lowest BCUT2D eigenvalue weighted by Gasteiger charge is -2.43. The molecule has 3 unspecified atom stereocenters. The number of benzene rings is 2. The van der Waals surface area contributed by atoms with Gasteiger partial charge in [-0.2, -0.15) is 0 Å². The monoisotopic (exact) mass is 333 g/mol. The van der Waals surface area contributed by atoms with Crippen molar-refractivity contribution in [2.45, 2.75) is 25.0 Å². The molecular formula is C18H17Cl2NO. The highest BCUT2D eigenvalue weighted by Crippen LogP contribution is 2.52. The van der Waals surface area contributed by atoms with Crippen molar-refractivity contribution in [2.75, 3.05) is 11.9 Å². The van der Waals surface area contributed by atoms with Crippen LogP contribution >= 0.6 is 23.2 Å². The summed E-state index contributed by atoms with van der Waals surface area (Å²) in [6.07, 6.45) is 2.22. The minimum Gasteiger partial charge on any atom is -0.377 e. The SMILES string of the molecule is Clc1ccc2c(c1Cl)C1OCCCC1C(c1ccccc1)N2. The Morgan fingerprint density at radius 1 is 1.05 bits per heavy atom. The maximum atomic E-state index is 6.47. The highest BCUT2D eigenvalue weighted by atomic mass is 35.5. The number of rotatable bonds is 1. The molecular weight excluding hydrogens is 317 g/mol. The van der Waals surface area contributed by atoms with Crippen molar-refractivity contribution >= 4 is 28.9 Å². The zero-order chi connectivity index (χ0) is 15.1. The molecule has 4 rings (SSSR count). The Bertz CT molecular complexity index is 689. The van der Waals surface area contributed by atoms with Gasteiger partial charge in [0.25, 0.3) is 0 Å². The van der Waals surface area contributed by atoms with E-state index in [9.17, 15) is 0 Å². The third-order valence-corrected chi connectivity index (χ3v) is 5.50. The standard InChI is InChI=1S/C18H17Cl2NO/c19-13-8-9-14-15(16(13)20)18-12(7-4-10-22-18)17(21-14)11-5-2-1-3-6-11/h1-3,5-6,8-9,12,17-18,21H,4,7,10H2. The Morgan fingerprint density at radius 2 is 1.86 bits per heavy atom. The van der Waals surface area contributed by atoms with Crippen molar-refractivity contribution in [3.63, 3.8) is 0 Å². The maximum absolute atomic E-state index is 6.47. The van der Waals surface area contributed by atoms with Crippen molar-refractivity contribution in [2.24, 2.45) is 5.92 Å². The van der Waals surface area contributed by atoms with E-state index in [1.807, 2.05) is 18.2 Å². The van der Waals surface area contributed by atoms with Gasteiger partial charge in [-0.25, -0.2) is 0 Å². The fourth-order valence-corrected chi connectivity index (χ4v) is 4.12. The first-order valence-electron chi connectivity index (χ1n) is 7.66. The van der Waals surface area contributed by atoms with E-state index in [0.717, 1.165) is 30.7 Å². The summed E-state index contributed by atoms with van der Waals surface area (Å²) in [6.45, 7) is 0.783. The number of halogens is 2. The van der Waals surface area contributed by atoms with Crippen molar-refractivity contribution in [1.82, 2.24) is 0 Å². The minimum atomic E-state index is 0.0152. The van der Waals surface area contributed by atoms with E-state index in [4.69, 9.17) is 27.9 Å². The average Bonchev–Trinajstić information content (AvgIpc) is 2.58. The van der Waals surface area contributed by atoms with Gasteiger partial charge in [0.1, 0.15) is 0 Å². The third kappa shape index (κ3) is 2.30. The van der Waals surface area contributed by atoms with E-state index < -0.39 is 0 Å². The molecule has 0 bridgehead atoms. The third-order valence-electron chi connectivity index (χ3n) is 4.68. The van der Waals surface area contributed by atoms with Crippen LogP contribution in [0.25, 0.3) is 0 Å². The highest BCUT2D eigenvalue weighted by molar-refractivity contribution is 6.42. The number of fused-ring (bicyclic) bond motifs is 3. The normalized spacial score (nSPS) is 26.7. The van der Waals surface area contributed by atoms with E-state index in [2.05, 4.69) is 29.6 Å². The van der Waals surface area contributed by atoms with Gasteiger partial charge in [-0.15, -0.1) is 0 Å². The fraction of sp³-hybridized carbons (Fsp3) is 0.333. The molecule has 114 valence electrons. The van der Waals surface area contributed by atoms with Gasteiger partial charge in [-0.05, 0) is 30.5 Å². The van der Waals surface area contributed by atoms with Crippen LogP contribution in [0.1, 0.15) is 36.1 Å². The molecule has 2 aromatic rings. The van der Waals surface area contributed by atoms with Crippen molar-refractivity contribution in [3.05, 3.63) is 63.6 Å². The van der Waals surface area contributed by atoms with Gasteiger partial charge < -0.3 is 10.1 Å². The first-order valence-corrected chi connectivity index (χ1v) is 8.42. The Labute approximate surface area is 140 Å². The molecule has 1 N–H and O–H groups in total. The molecule has 1 fully saturated rings. The van der Waals surface area contributed by atoms with Crippen LogP contribution in [0, 0.1) is 5.92 Å². The van der Waals surface area contributed by atoms with Gasteiger partial charge in [-0.1, -0.05) is 53.5 Å². The lowest BCUT2D eigenvalue weighted by atomic mass is 9.77. The molecule has 2 aliphatic rings. The maximum Gasteiger partial charge on any atom is 0.0911 e. The lowest BCUT2D eigenvalue weighted by molar-refractivity contribution is -0.0380. The second-order valence-corrected chi connectivity index (χ2v) is 6.74. The Balaban J connectivity index is 1.83. The summed E-state index contributed by atoms with van der Waals surface area (Å²) in [5, 5.41) is 4.87. The van der Waals surface area contributed by atoms with E-state index >= 15 is 0 Å². The summed E-state index contributed by atoms with van der Waals surface area (Å²) in [4.78, 5) is 0. The predicted molar refractivity (Wildman–Crippen MR) is 90.7 cm³/mol. The van der Waals surface area contributed by atoms with E-state index in [0.29, 0.717) is 16.0 Å². The molecule has 22 heavy (non-hydrogen) atoms. The van der Waals surface area contributed by atoms with Crippen LogP contribution in [0.5, 0.6) is 0 Å². The lowest BCUT2D eigenvalue weighted by Crippen LogP contribution is -2.36. The van der Waals surface area contributed by atoms with Crippen LogP contribution in [0.2, 0.25) is 10.0 Å². The zero-order valence-corrected chi connectivity index (χ0v) is 13.6. The van der Waals surface area contributed by atoms with Gasteiger partial charge in [0, 0.05) is 23.8 Å². The molecule has 4 heteroatoms. The second-order valence-electron chi connectivity index (χ2n) is 5.95. The summed E-state index contributed by atoms with van der Waals surface area (Å²) < 4.78 is 6.11. The molecule has 0 aromatic heterocycles. The largest absolute Gasteiger partial charge is 0.377 e. The molecule has 2 aliphatic heterocycles. The summed E-state index contributed by atoms with van der Waals surface area (Å²) in [5.41, 5.74) is 3.34. The number of nitrogens with one attached hydrogen (secondary N) is 1. The van der Waals surface area contributed by atoms with Gasteiger partial charge >= 0.3 is 0 Å². The van der Waals surface area contributed by atoms with Crippen molar-refractivity contribution in [3.8, 4) is 0 Å². The van der Waals surface area contributed by atoms with Crippen LogP contribution in [0.3, 0.4) is 0 Å². The summed E-state index contributed by atoms with van der Waals surface area (Å²) in [7, 11) is 0. The second kappa shape index (κ2) is 5.77. The van der Waals surface area contributed by atoms with Crippen LogP contribution in [-0.2, 0) is 4.74 Å². The first kappa shape index (κ1) is 14.4. The number of hydrogen-bond donors (Lipinski definition) is 1. The minimum absolute atomic E-state index is 0.0152. The van der Waals surface area contributed by atoms with Gasteiger partial charge in [0.05, 0.1) is 22.2 Å². The Hall–Kier alpha value is -1.22. The molecule has 1 saturated heterocycles. The molecule has 2 aromatic carbocycles. The Morgan fingerprint density at radius 3 is 2.68 bits per heavy atom. The molecule has 0 saturated carbocycles. The predicted octanol–water partition coefficient (Wildman–Crippen LogP) is 5.63. The van der Waals surface area contributed by atoms with Crippen molar-refractivity contribution < 1.29 is 4.74 Å². The van der Waals surface area contributed by atoms with E-state index in [-0.39, 0.29) is 12.1 Å². The summed E-state index contributed by atoms with van der Waals surface area (Å²) in [5.74, 6) is 0.375. The van der Waals surface area contributed by atoms with Crippen LogP contribution in [0.4, 0.5) is 5.69 Å². The topological polar surface area (TPSA) is 21.3 Å². The first-order chi connectivity index (χ1) is 10.8. The van der Waals surface area contributed by atoms with Crippen LogP contribution in [0.15, 0.2) is 42.5 Å². The van der Waals surface area contributed by atoms with E-state index in [1.54, 1.807) is 0 Å². The van der Waals surface area contributed by atoms with Crippen LogP contribution in [-0.4, -0.2) is 6.61 Å². The molecule has 2 heterocycles.